The molecule has 0 aliphatic heterocycles. The van der Waals surface area contributed by atoms with Crippen LogP contribution in [0.15, 0.2) is 42.5 Å². The maximum atomic E-state index is 11.7. The molecular formula is C18H24N2O3. The summed E-state index contributed by atoms with van der Waals surface area (Å²) < 4.78 is 4.62. The van der Waals surface area contributed by atoms with E-state index >= 15 is 0 Å². The largest absolute Gasteiger partial charge is 0.467 e. The number of anilines is 1. The predicted molar refractivity (Wildman–Crippen MR) is 93.2 cm³/mol. The van der Waals surface area contributed by atoms with Crippen LogP contribution in [0.25, 0.3) is 6.08 Å². The summed E-state index contributed by atoms with van der Waals surface area (Å²) in [7, 11) is 5.28. The fourth-order valence-corrected chi connectivity index (χ4v) is 1.88. The predicted octanol–water partition coefficient (Wildman–Crippen LogP) is 2.39. The molecule has 1 rings (SSSR count). The molecule has 1 aromatic carbocycles. The molecule has 124 valence electrons. The molecule has 1 N–H and O–H groups in total. The van der Waals surface area contributed by atoms with Crippen molar-refractivity contribution in [3.8, 4) is 0 Å². The number of hydrogen-bond acceptors (Lipinski definition) is 4. The number of ether oxygens (including phenoxy) is 1. The van der Waals surface area contributed by atoms with E-state index in [-0.39, 0.29) is 5.91 Å². The van der Waals surface area contributed by atoms with Crippen LogP contribution in [0.4, 0.5) is 5.69 Å². The Morgan fingerprint density at radius 2 is 1.87 bits per heavy atom. The third kappa shape index (κ3) is 6.38. The quantitative estimate of drug-likeness (QED) is 0.477. The number of carbonyl (C=O) groups excluding carboxylic acids is 2. The Morgan fingerprint density at radius 1 is 1.22 bits per heavy atom. The third-order valence-electron chi connectivity index (χ3n) is 3.27. The Balaban J connectivity index is 2.54. The van der Waals surface area contributed by atoms with Gasteiger partial charge < -0.3 is 15.0 Å². The molecule has 1 atom stereocenters. The molecule has 1 amide bonds. The van der Waals surface area contributed by atoms with E-state index < -0.39 is 12.0 Å². The van der Waals surface area contributed by atoms with Crippen LogP contribution in [0.2, 0.25) is 0 Å². The van der Waals surface area contributed by atoms with E-state index in [2.05, 4.69) is 10.1 Å². The number of nitrogens with one attached hydrogen (secondary N) is 1. The second kappa shape index (κ2) is 9.46. The highest BCUT2D eigenvalue weighted by atomic mass is 16.5. The molecule has 0 bridgehead atoms. The van der Waals surface area contributed by atoms with Crippen molar-refractivity contribution in [3.63, 3.8) is 0 Å². The van der Waals surface area contributed by atoms with Crippen LogP contribution in [-0.4, -0.2) is 39.1 Å². The standard InChI is InChI=1S/C18H24N2O3/c1-5-16(18(22)23-4)19-17(21)9-7-6-8-14-10-12-15(13-11-14)20(2)3/h6-13,16H,5H2,1-4H3,(H,19,21)/t16-/m1/s1. The lowest BCUT2D eigenvalue weighted by Gasteiger charge is -2.12. The van der Waals surface area contributed by atoms with Gasteiger partial charge in [0.25, 0.3) is 0 Å². The van der Waals surface area contributed by atoms with Crippen molar-refractivity contribution in [2.24, 2.45) is 0 Å². The molecule has 0 spiro atoms. The average molecular weight is 316 g/mol. The molecule has 0 aliphatic rings. The van der Waals surface area contributed by atoms with E-state index in [4.69, 9.17) is 0 Å². The zero-order valence-electron chi connectivity index (χ0n) is 14.1. The molecule has 0 fully saturated rings. The minimum atomic E-state index is -0.611. The zero-order chi connectivity index (χ0) is 17.2. The molecule has 0 aromatic heterocycles. The first kappa shape index (κ1) is 18.5. The Kier molecular flexibility index (Phi) is 7.60. The number of rotatable bonds is 7. The SMILES string of the molecule is CC[C@@H](NC(=O)C=CC=Cc1ccc(N(C)C)cc1)C(=O)OC. The van der Waals surface area contributed by atoms with Gasteiger partial charge in [-0.25, -0.2) is 4.79 Å². The molecule has 5 heteroatoms. The summed E-state index contributed by atoms with van der Waals surface area (Å²) in [5.41, 5.74) is 2.17. The highest BCUT2D eigenvalue weighted by molar-refractivity contribution is 5.91. The van der Waals surface area contributed by atoms with E-state index in [0.29, 0.717) is 6.42 Å². The Bertz CT molecular complexity index is 574. The molecule has 0 aliphatic carbocycles. The molecule has 1 aromatic rings. The fourth-order valence-electron chi connectivity index (χ4n) is 1.88. The third-order valence-corrected chi connectivity index (χ3v) is 3.27. The van der Waals surface area contributed by atoms with E-state index in [0.717, 1.165) is 11.3 Å². The molecule has 0 heterocycles. The van der Waals surface area contributed by atoms with Crippen molar-refractivity contribution in [2.75, 3.05) is 26.1 Å². The monoisotopic (exact) mass is 316 g/mol. The van der Waals surface area contributed by atoms with Gasteiger partial charge in [0.2, 0.25) is 5.91 Å². The minimum Gasteiger partial charge on any atom is -0.467 e. The van der Waals surface area contributed by atoms with Gasteiger partial charge in [0.05, 0.1) is 7.11 Å². The first-order valence-electron chi connectivity index (χ1n) is 7.48. The maximum absolute atomic E-state index is 11.7. The van der Waals surface area contributed by atoms with Crippen LogP contribution < -0.4 is 10.2 Å². The number of carbonyl (C=O) groups is 2. The number of methoxy groups -OCH3 is 1. The number of amides is 1. The van der Waals surface area contributed by atoms with Gasteiger partial charge in [-0.05, 0) is 24.1 Å². The van der Waals surface area contributed by atoms with Gasteiger partial charge in [-0.15, -0.1) is 0 Å². The summed E-state index contributed by atoms with van der Waals surface area (Å²) in [5.74, 6) is -0.763. The lowest BCUT2D eigenvalue weighted by Crippen LogP contribution is -2.40. The highest BCUT2D eigenvalue weighted by Gasteiger charge is 2.17. The summed E-state index contributed by atoms with van der Waals surface area (Å²) in [6.07, 6.45) is 7.19. The second-order valence-corrected chi connectivity index (χ2v) is 5.20. The van der Waals surface area contributed by atoms with Crippen molar-refractivity contribution in [3.05, 3.63) is 48.1 Å². The molecular weight excluding hydrogens is 292 g/mol. The Hall–Kier alpha value is -2.56. The van der Waals surface area contributed by atoms with Gasteiger partial charge in [-0.2, -0.15) is 0 Å². The van der Waals surface area contributed by atoms with Gasteiger partial charge in [0, 0.05) is 25.9 Å². The van der Waals surface area contributed by atoms with Gasteiger partial charge in [0.15, 0.2) is 0 Å². The number of nitrogens with zero attached hydrogens (tertiary/aromatic N) is 1. The average Bonchev–Trinajstić information content (AvgIpc) is 2.56. The Morgan fingerprint density at radius 3 is 2.39 bits per heavy atom. The van der Waals surface area contributed by atoms with Crippen LogP contribution in [-0.2, 0) is 14.3 Å². The molecule has 23 heavy (non-hydrogen) atoms. The van der Waals surface area contributed by atoms with E-state index in [1.165, 1.54) is 13.2 Å². The summed E-state index contributed by atoms with van der Waals surface area (Å²) in [6, 6.07) is 7.45. The van der Waals surface area contributed by atoms with Crippen molar-refractivity contribution in [1.29, 1.82) is 0 Å². The van der Waals surface area contributed by atoms with Crippen molar-refractivity contribution in [1.82, 2.24) is 5.32 Å². The second-order valence-electron chi connectivity index (χ2n) is 5.20. The van der Waals surface area contributed by atoms with E-state index in [1.54, 1.807) is 12.2 Å². The molecule has 0 saturated carbocycles. The first-order chi connectivity index (χ1) is 11.0. The minimum absolute atomic E-state index is 0.324. The summed E-state index contributed by atoms with van der Waals surface area (Å²) in [6.45, 7) is 1.81. The first-order valence-corrected chi connectivity index (χ1v) is 7.48. The van der Waals surface area contributed by atoms with Gasteiger partial charge in [0.1, 0.15) is 6.04 Å². The number of benzene rings is 1. The fraction of sp³-hybridized carbons (Fsp3) is 0.333. The number of esters is 1. The normalized spacial score (nSPS) is 12.3. The highest BCUT2D eigenvalue weighted by Crippen LogP contribution is 2.13. The summed E-state index contributed by atoms with van der Waals surface area (Å²) in [4.78, 5) is 25.1. The number of allylic oxidation sites excluding steroid dienone is 2. The van der Waals surface area contributed by atoms with Gasteiger partial charge >= 0.3 is 5.97 Å². The van der Waals surface area contributed by atoms with Gasteiger partial charge in [-0.3, -0.25) is 4.79 Å². The summed E-state index contributed by atoms with van der Waals surface area (Å²) in [5, 5.41) is 2.60. The Labute approximate surface area is 137 Å². The van der Waals surface area contributed by atoms with Crippen LogP contribution in [0.3, 0.4) is 0 Å². The van der Waals surface area contributed by atoms with Gasteiger partial charge in [-0.1, -0.05) is 37.3 Å². The van der Waals surface area contributed by atoms with Crippen molar-refractivity contribution < 1.29 is 14.3 Å². The topological polar surface area (TPSA) is 58.6 Å². The van der Waals surface area contributed by atoms with Crippen LogP contribution >= 0.6 is 0 Å². The lowest BCUT2D eigenvalue weighted by molar-refractivity contribution is -0.144. The summed E-state index contributed by atoms with van der Waals surface area (Å²) >= 11 is 0. The lowest BCUT2D eigenvalue weighted by atomic mass is 10.2. The van der Waals surface area contributed by atoms with E-state index in [1.807, 2.05) is 56.3 Å². The molecule has 0 unspecified atom stereocenters. The molecule has 5 nitrogen and oxygen atoms in total. The smallest absolute Gasteiger partial charge is 0.328 e. The zero-order valence-corrected chi connectivity index (χ0v) is 14.1. The van der Waals surface area contributed by atoms with Crippen molar-refractivity contribution in [2.45, 2.75) is 19.4 Å². The van der Waals surface area contributed by atoms with Crippen LogP contribution in [0.5, 0.6) is 0 Å². The van der Waals surface area contributed by atoms with Crippen LogP contribution in [0, 0.1) is 0 Å². The molecule has 0 radical (unpaired) electrons. The molecule has 0 saturated heterocycles. The maximum Gasteiger partial charge on any atom is 0.328 e. The number of hydrogen-bond donors (Lipinski definition) is 1. The van der Waals surface area contributed by atoms with Crippen LogP contribution in [0.1, 0.15) is 18.9 Å². The van der Waals surface area contributed by atoms with E-state index in [9.17, 15) is 9.59 Å². The van der Waals surface area contributed by atoms with Crippen molar-refractivity contribution >= 4 is 23.6 Å².